The number of carbonyl (C=O) groups excluding carboxylic acids is 2. The van der Waals surface area contributed by atoms with Gasteiger partial charge in [-0.25, -0.2) is 4.68 Å². The summed E-state index contributed by atoms with van der Waals surface area (Å²) in [4.78, 5) is 26.6. The summed E-state index contributed by atoms with van der Waals surface area (Å²) in [5.41, 5.74) is 2.51. The zero-order valence-electron chi connectivity index (χ0n) is 16.6. The fourth-order valence-electron chi connectivity index (χ4n) is 3.52. The number of para-hydroxylation sites is 1. The number of piperidine rings is 1. The zero-order valence-corrected chi connectivity index (χ0v) is 16.6. The maximum absolute atomic E-state index is 12.5. The van der Waals surface area contributed by atoms with Gasteiger partial charge < -0.3 is 10.2 Å². The predicted octanol–water partition coefficient (Wildman–Crippen LogP) is 3.31. The lowest BCUT2D eigenvalue weighted by Crippen LogP contribution is -2.46. The normalized spacial score (nSPS) is 14.7. The highest BCUT2D eigenvalue weighted by molar-refractivity contribution is 5.94. The van der Waals surface area contributed by atoms with Gasteiger partial charge in [-0.15, -0.1) is 0 Å². The highest BCUT2D eigenvalue weighted by Gasteiger charge is 2.23. The van der Waals surface area contributed by atoms with Crippen LogP contribution in [0.25, 0.3) is 11.8 Å². The van der Waals surface area contributed by atoms with Crippen molar-refractivity contribution in [1.29, 1.82) is 0 Å². The van der Waals surface area contributed by atoms with E-state index in [4.69, 9.17) is 0 Å². The van der Waals surface area contributed by atoms with Crippen molar-refractivity contribution in [3.63, 3.8) is 0 Å². The molecule has 30 heavy (non-hydrogen) atoms. The second-order valence-corrected chi connectivity index (χ2v) is 7.33. The van der Waals surface area contributed by atoms with Crippen molar-refractivity contribution in [3.05, 3.63) is 90.3 Å². The van der Waals surface area contributed by atoms with Crippen molar-refractivity contribution < 1.29 is 9.59 Å². The van der Waals surface area contributed by atoms with E-state index in [-0.39, 0.29) is 17.9 Å². The fraction of sp³-hybridized carbons (Fsp3) is 0.208. The topological polar surface area (TPSA) is 67.2 Å². The van der Waals surface area contributed by atoms with E-state index in [9.17, 15) is 9.59 Å². The monoisotopic (exact) mass is 400 g/mol. The Kier molecular flexibility index (Phi) is 6.03. The van der Waals surface area contributed by atoms with E-state index < -0.39 is 0 Å². The van der Waals surface area contributed by atoms with Crippen LogP contribution in [0.2, 0.25) is 0 Å². The molecule has 1 N–H and O–H groups in total. The van der Waals surface area contributed by atoms with Crippen molar-refractivity contribution in [1.82, 2.24) is 20.0 Å². The number of nitrogens with zero attached hydrogens (tertiary/aromatic N) is 3. The fourth-order valence-corrected chi connectivity index (χ4v) is 3.52. The van der Waals surface area contributed by atoms with Crippen molar-refractivity contribution >= 4 is 17.9 Å². The lowest BCUT2D eigenvalue weighted by atomic mass is 10.0. The van der Waals surface area contributed by atoms with Gasteiger partial charge in [-0.2, -0.15) is 5.10 Å². The maximum Gasteiger partial charge on any atom is 0.251 e. The van der Waals surface area contributed by atoms with Crippen LogP contribution in [0.4, 0.5) is 0 Å². The summed E-state index contributed by atoms with van der Waals surface area (Å²) in [6, 6.07) is 19.1. The van der Waals surface area contributed by atoms with Crippen LogP contribution in [0, 0.1) is 0 Å². The standard InChI is InChI=1S/C24H24N4O2/c29-23(12-11-19-17-25-28(18-19)22-9-5-2-6-10-22)27-15-13-21(14-16-27)26-24(30)20-7-3-1-4-8-20/h1-12,17-18,21H,13-16H2,(H,26,30)/b12-11+. The summed E-state index contributed by atoms with van der Waals surface area (Å²) in [5, 5.41) is 7.40. The lowest BCUT2D eigenvalue weighted by Gasteiger charge is -2.31. The predicted molar refractivity (Wildman–Crippen MR) is 116 cm³/mol. The first-order valence-electron chi connectivity index (χ1n) is 10.1. The molecule has 0 bridgehead atoms. The molecule has 6 nitrogen and oxygen atoms in total. The van der Waals surface area contributed by atoms with Gasteiger partial charge in [0.15, 0.2) is 0 Å². The van der Waals surface area contributed by atoms with E-state index >= 15 is 0 Å². The molecule has 1 fully saturated rings. The Hall–Kier alpha value is -3.67. The summed E-state index contributed by atoms with van der Waals surface area (Å²) >= 11 is 0. The van der Waals surface area contributed by atoms with Crippen molar-refractivity contribution in [3.8, 4) is 5.69 Å². The minimum Gasteiger partial charge on any atom is -0.349 e. The van der Waals surface area contributed by atoms with Crippen molar-refractivity contribution in [2.24, 2.45) is 0 Å². The van der Waals surface area contributed by atoms with Gasteiger partial charge in [-0.05, 0) is 43.2 Å². The first kappa shape index (κ1) is 19.6. The maximum atomic E-state index is 12.5. The van der Waals surface area contributed by atoms with Crippen LogP contribution in [0.1, 0.15) is 28.8 Å². The second kappa shape index (κ2) is 9.22. The summed E-state index contributed by atoms with van der Waals surface area (Å²) in [6.07, 6.45) is 8.52. The molecule has 2 aromatic carbocycles. The molecular weight excluding hydrogens is 376 g/mol. The van der Waals surface area contributed by atoms with Crippen LogP contribution >= 0.6 is 0 Å². The van der Waals surface area contributed by atoms with Gasteiger partial charge in [0, 0.05) is 42.5 Å². The number of aromatic nitrogens is 2. The van der Waals surface area contributed by atoms with Gasteiger partial charge in [0.2, 0.25) is 5.91 Å². The molecule has 6 heteroatoms. The summed E-state index contributed by atoms with van der Waals surface area (Å²) in [5.74, 6) is -0.0778. The summed E-state index contributed by atoms with van der Waals surface area (Å²) in [7, 11) is 0. The second-order valence-electron chi connectivity index (χ2n) is 7.33. The zero-order chi connectivity index (χ0) is 20.8. The van der Waals surface area contributed by atoms with Crippen molar-refractivity contribution in [2.75, 3.05) is 13.1 Å². The van der Waals surface area contributed by atoms with E-state index in [0.29, 0.717) is 18.7 Å². The summed E-state index contributed by atoms with van der Waals surface area (Å²) < 4.78 is 1.78. The minimum atomic E-state index is -0.0595. The third-order valence-electron chi connectivity index (χ3n) is 5.22. The molecule has 0 aliphatic carbocycles. The van der Waals surface area contributed by atoms with Gasteiger partial charge in [-0.3, -0.25) is 9.59 Å². The average Bonchev–Trinajstić information content (AvgIpc) is 3.28. The van der Waals surface area contributed by atoms with Crippen LogP contribution in [0.3, 0.4) is 0 Å². The van der Waals surface area contributed by atoms with E-state index in [1.165, 1.54) is 0 Å². The molecule has 2 amide bonds. The molecule has 1 saturated heterocycles. The van der Waals surface area contributed by atoms with Crippen LogP contribution in [-0.2, 0) is 4.79 Å². The number of rotatable bonds is 5. The number of nitrogens with one attached hydrogen (secondary N) is 1. The third-order valence-corrected chi connectivity index (χ3v) is 5.22. The Morgan fingerprint density at radius 2 is 1.63 bits per heavy atom. The number of hydrogen-bond acceptors (Lipinski definition) is 3. The quantitative estimate of drug-likeness (QED) is 0.668. The molecule has 3 aromatic rings. The Balaban J connectivity index is 1.27. The molecular formula is C24H24N4O2. The van der Waals surface area contributed by atoms with E-state index in [1.54, 1.807) is 35.2 Å². The average molecular weight is 400 g/mol. The van der Waals surface area contributed by atoms with Gasteiger partial charge in [0.1, 0.15) is 0 Å². The van der Waals surface area contributed by atoms with E-state index in [0.717, 1.165) is 24.1 Å². The van der Waals surface area contributed by atoms with Crippen LogP contribution in [0.5, 0.6) is 0 Å². The van der Waals surface area contributed by atoms with Crippen LogP contribution in [-0.4, -0.2) is 45.6 Å². The van der Waals surface area contributed by atoms with Crippen LogP contribution in [0.15, 0.2) is 79.1 Å². The number of carbonyl (C=O) groups is 2. The smallest absolute Gasteiger partial charge is 0.251 e. The summed E-state index contributed by atoms with van der Waals surface area (Å²) in [6.45, 7) is 1.26. The first-order valence-corrected chi connectivity index (χ1v) is 10.1. The van der Waals surface area contributed by atoms with E-state index in [1.807, 2.05) is 59.6 Å². The Labute approximate surface area is 175 Å². The first-order chi connectivity index (χ1) is 14.7. The minimum absolute atomic E-state index is 0.0182. The SMILES string of the molecule is O=C(NC1CCN(C(=O)/C=C/c2cnn(-c3ccccc3)c2)CC1)c1ccccc1. The van der Waals surface area contributed by atoms with Crippen LogP contribution < -0.4 is 5.32 Å². The molecule has 1 aromatic heterocycles. The number of amides is 2. The Morgan fingerprint density at radius 1 is 0.967 bits per heavy atom. The molecule has 0 radical (unpaired) electrons. The molecule has 4 rings (SSSR count). The lowest BCUT2D eigenvalue weighted by molar-refractivity contribution is -0.126. The van der Waals surface area contributed by atoms with Gasteiger partial charge >= 0.3 is 0 Å². The number of likely N-dealkylation sites (tertiary alicyclic amines) is 1. The molecule has 0 saturated carbocycles. The molecule has 1 aliphatic rings. The van der Waals surface area contributed by atoms with Crippen molar-refractivity contribution in [2.45, 2.75) is 18.9 Å². The number of benzene rings is 2. The van der Waals surface area contributed by atoms with E-state index in [2.05, 4.69) is 10.4 Å². The number of hydrogen-bond donors (Lipinski definition) is 1. The largest absolute Gasteiger partial charge is 0.349 e. The molecule has 2 heterocycles. The third kappa shape index (κ3) is 4.84. The molecule has 0 unspecified atom stereocenters. The Morgan fingerprint density at radius 3 is 2.33 bits per heavy atom. The molecule has 0 atom stereocenters. The van der Waals surface area contributed by atoms with Gasteiger partial charge in [-0.1, -0.05) is 36.4 Å². The Bertz CT molecular complexity index is 1020. The van der Waals surface area contributed by atoms with Gasteiger partial charge in [0.05, 0.1) is 11.9 Å². The highest BCUT2D eigenvalue weighted by atomic mass is 16.2. The molecule has 0 spiro atoms. The highest BCUT2D eigenvalue weighted by Crippen LogP contribution is 2.13. The van der Waals surface area contributed by atoms with Gasteiger partial charge in [0.25, 0.3) is 5.91 Å². The molecule has 1 aliphatic heterocycles. The molecule has 152 valence electrons.